The number of rotatable bonds is 5. The molecule has 7 heteroatoms. The largest absolute Gasteiger partial charge is 0.355 e. The van der Waals surface area contributed by atoms with Crippen molar-refractivity contribution < 1.29 is 18.4 Å². The number of carbonyl (C=O) groups is 2. The fourth-order valence-corrected chi connectivity index (χ4v) is 3.36. The van der Waals surface area contributed by atoms with Gasteiger partial charge in [0.15, 0.2) is 11.6 Å². The molecule has 1 saturated heterocycles. The number of pyridine rings is 1. The van der Waals surface area contributed by atoms with Crippen LogP contribution in [0.15, 0.2) is 42.7 Å². The molecule has 1 aliphatic rings. The molecule has 0 unspecified atom stereocenters. The van der Waals surface area contributed by atoms with Gasteiger partial charge in [-0.2, -0.15) is 0 Å². The second kappa shape index (κ2) is 7.59. The van der Waals surface area contributed by atoms with Crippen LogP contribution < -0.4 is 5.32 Å². The van der Waals surface area contributed by atoms with E-state index in [9.17, 15) is 18.4 Å². The highest BCUT2D eigenvalue weighted by molar-refractivity contribution is 5.80. The van der Waals surface area contributed by atoms with Gasteiger partial charge in [0.25, 0.3) is 0 Å². The Labute approximate surface area is 150 Å². The van der Waals surface area contributed by atoms with Crippen molar-refractivity contribution in [1.82, 2.24) is 15.2 Å². The molecule has 5 nitrogen and oxygen atoms in total. The van der Waals surface area contributed by atoms with Crippen LogP contribution in [-0.2, 0) is 16.0 Å². The summed E-state index contributed by atoms with van der Waals surface area (Å²) in [5, 5.41) is 2.74. The van der Waals surface area contributed by atoms with Gasteiger partial charge < -0.3 is 10.2 Å². The predicted molar refractivity (Wildman–Crippen MR) is 90.9 cm³/mol. The molecule has 1 N–H and O–H groups in total. The van der Waals surface area contributed by atoms with Gasteiger partial charge in [-0.05, 0) is 23.8 Å². The Kier molecular flexibility index (Phi) is 5.25. The minimum atomic E-state index is -1.01. The lowest BCUT2D eigenvalue weighted by Crippen LogP contribution is -2.33. The van der Waals surface area contributed by atoms with Gasteiger partial charge in [-0.3, -0.25) is 14.6 Å². The first-order chi connectivity index (χ1) is 12.5. The van der Waals surface area contributed by atoms with Crippen molar-refractivity contribution in [3.05, 3.63) is 65.5 Å². The minimum Gasteiger partial charge on any atom is -0.355 e. The van der Waals surface area contributed by atoms with Crippen LogP contribution in [-0.4, -0.2) is 35.3 Å². The summed E-state index contributed by atoms with van der Waals surface area (Å²) in [5.41, 5.74) is 0.955. The molecule has 2 atom stereocenters. The van der Waals surface area contributed by atoms with Gasteiger partial charge in [-0.25, -0.2) is 8.78 Å². The quantitative estimate of drug-likeness (QED) is 0.891. The van der Waals surface area contributed by atoms with Crippen molar-refractivity contribution >= 4 is 11.8 Å². The van der Waals surface area contributed by atoms with E-state index in [1.165, 1.54) is 12.1 Å². The average molecular weight is 359 g/mol. The molecule has 2 aromatic rings. The average Bonchev–Trinajstić information content (AvgIpc) is 2.92. The van der Waals surface area contributed by atoms with Crippen molar-refractivity contribution in [2.45, 2.75) is 18.9 Å². The number of carbonyl (C=O) groups excluding carboxylic acids is 2. The summed E-state index contributed by atoms with van der Waals surface area (Å²) in [7, 11) is 1.73. The Bertz CT molecular complexity index is 814. The molecule has 0 radical (unpaired) electrons. The molecule has 1 aromatic carbocycles. The zero-order chi connectivity index (χ0) is 18.7. The van der Waals surface area contributed by atoms with Crippen molar-refractivity contribution in [2.75, 3.05) is 13.6 Å². The van der Waals surface area contributed by atoms with Crippen LogP contribution in [0, 0.1) is 17.6 Å². The molecule has 3 rings (SSSR count). The fourth-order valence-electron chi connectivity index (χ4n) is 3.36. The standard InChI is InChI=1S/C19H19F2N3O2/c1-24-17(26)10-14(19(24)12-5-7-22-8-6-12)11-23-16(25)9-13-3-2-4-15(20)18(13)21/h2-8,14,19H,9-11H2,1H3,(H,23,25)/t14-,19-/m0/s1. The third-order valence-corrected chi connectivity index (χ3v) is 4.69. The number of nitrogens with one attached hydrogen (secondary N) is 1. The summed E-state index contributed by atoms with van der Waals surface area (Å²) >= 11 is 0. The maximum Gasteiger partial charge on any atom is 0.224 e. The molecule has 26 heavy (non-hydrogen) atoms. The van der Waals surface area contributed by atoms with Crippen LogP contribution in [0.1, 0.15) is 23.6 Å². The first-order valence-corrected chi connectivity index (χ1v) is 8.32. The first kappa shape index (κ1) is 18.0. The van der Waals surface area contributed by atoms with Crippen molar-refractivity contribution in [2.24, 2.45) is 5.92 Å². The highest BCUT2D eigenvalue weighted by atomic mass is 19.2. The van der Waals surface area contributed by atoms with E-state index in [1.807, 2.05) is 12.1 Å². The van der Waals surface area contributed by atoms with Crippen LogP contribution in [0.25, 0.3) is 0 Å². The molecule has 136 valence electrons. The fraction of sp³-hybridized carbons (Fsp3) is 0.316. The summed E-state index contributed by atoms with van der Waals surface area (Å²) in [4.78, 5) is 29.9. The van der Waals surface area contributed by atoms with Gasteiger partial charge in [-0.15, -0.1) is 0 Å². The van der Waals surface area contributed by atoms with Gasteiger partial charge in [0.2, 0.25) is 11.8 Å². The third kappa shape index (κ3) is 3.71. The van der Waals surface area contributed by atoms with Crippen molar-refractivity contribution in [1.29, 1.82) is 0 Å². The molecular formula is C19H19F2N3O2. The molecule has 0 saturated carbocycles. The normalized spacial score (nSPS) is 19.7. The van der Waals surface area contributed by atoms with Crippen LogP contribution in [0.3, 0.4) is 0 Å². The van der Waals surface area contributed by atoms with Gasteiger partial charge in [0, 0.05) is 43.9 Å². The van der Waals surface area contributed by atoms with E-state index < -0.39 is 17.5 Å². The van der Waals surface area contributed by atoms with E-state index in [0.717, 1.165) is 11.6 Å². The van der Waals surface area contributed by atoms with Crippen LogP contribution in [0.5, 0.6) is 0 Å². The van der Waals surface area contributed by atoms with Crippen LogP contribution >= 0.6 is 0 Å². The second-order valence-corrected chi connectivity index (χ2v) is 6.39. The third-order valence-electron chi connectivity index (χ3n) is 4.69. The number of hydrogen-bond acceptors (Lipinski definition) is 3. The Balaban J connectivity index is 1.65. The molecule has 1 aliphatic heterocycles. The number of likely N-dealkylation sites (tertiary alicyclic amines) is 1. The van der Waals surface area contributed by atoms with Crippen molar-refractivity contribution in [3.8, 4) is 0 Å². The first-order valence-electron chi connectivity index (χ1n) is 8.32. The highest BCUT2D eigenvalue weighted by Crippen LogP contribution is 2.36. The number of aromatic nitrogens is 1. The highest BCUT2D eigenvalue weighted by Gasteiger charge is 2.38. The Morgan fingerprint density at radius 1 is 1.27 bits per heavy atom. The topological polar surface area (TPSA) is 62.3 Å². The zero-order valence-corrected chi connectivity index (χ0v) is 14.3. The predicted octanol–water partition coefficient (Wildman–Crippen LogP) is 2.24. The number of benzene rings is 1. The monoisotopic (exact) mass is 359 g/mol. The maximum absolute atomic E-state index is 13.7. The summed E-state index contributed by atoms with van der Waals surface area (Å²) in [5.74, 6) is -2.49. The Morgan fingerprint density at radius 3 is 2.73 bits per heavy atom. The van der Waals surface area contributed by atoms with Gasteiger partial charge >= 0.3 is 0 Å². The van der Waals surface area contributed by atoms with E-state index in [4.69, 9.17) is 0 Å². The van der Waals surface area contributed by atoms with E-state index in [-0.39, 0.29) is 36.4 Å². The zero-order valence-electron chi connectivity index (χ0n) is 14.3. The maximum atomic E-state index is 13.7. The lowest BCUT2D eigenvalue weighted by molar-refractivity contribution is -0.127. The Morgan fingerprint density at radius 2 is 2.00 bits per heavy atom. The van der Waals surface area contributed by atoms with Gasteiger partial charge in [0.05, 0.1) is 12.5 Å². The number of nitrogens with zero attached hydrogens (tertiary/aromatic N) is 2. The summed E-state index contributed by atoms with van der Waals surface area (Å²) in [6, 6.07) is 7.29. The molecular weight excluding hydrogens is 340 g/mol. The van der Waals surface area contributed by atoms with Crippen LogP contribution in [0.2, 0.25) is 0 Å². The van der Waals surface area contributed by atoms with E-state index >= 15 is 0 Å². The lowest BCUT2D eigenvalue weighted by atomic mass is 9.94. The molecule has 1 fully saturated rings. The van der Waals surface area contributed by atoms with Gasteiger partial charge in [-0.1, -0.05) is 12.1 Å². The number of hydrogen-bond donors (Lipinski definition) is 1. The minimum absolute atomic E-state index is 0.00207. The van der Waals surface area contributed by atoms with Gasteiger partial charge in [0.1, 0.15) is 0 Å². The number of amides is 2. The molecule has 1 aromatic heterocycles. The second-order valence-electron chi connectivity index (χ2n) is 6.39. The van der Waals surface area contributed by atoms with Crippen LogP contribution in [0.4, 0.5) is 8.78 Å². The van der Waals surface area contributed by atoms with E-state index in [1.54, 1.807) is 24.3 Å². The summed E-state index contributed by atoms with van der Waals surface area (Å²) < 4.78 is 26.9. The molecule has 2 amide bonds. The molecule has 2 heterocycles. The number of halogens is 2. The van der Waals surface area contributed by atoms with E-state index in [0.29, 0.717) is 6.42 Å². The summed E-state index contributed by atoms with van der Waals surface area (Å²) in [6.07, 6.45) is 3.39. The Hall–Kier alpha value is -2.83. The summed E-state index contributed by atoms with van der Waals surface area (Å²) in [6.45, 7) is 0.277. The van der Waals surface area contributed by atoms with Crippen molar-refractivity contribution in [3.63, 3.8) is 0 Å². The molecule has 0 bridgehead atoms. The molecule has 0 aliphatic carbocycles. The SMILES string of the molecule is CN1C(=O)C[C@@H](CNC(=O)Cc2cccc(F)c2F)[C@@H]1c1ccncc1. The lowest BCUT2D eigenvalue weighted by Gasteiger charge is -2.25. The molecule has 0 spiro atoms. The smallest absolute Gasteiger partial charge is 0.224 e. The van der Waals surface area contributed by atoms with E-state index in [2.05, 4.69) is 10.3 Å².